The van der Waals surface area contributed by atoms with Crippen LogP contribution in [0.2, 0.25) is 0 Å². The van der Waals surface area contributed by atoms with Gasteiger partial charge < -0.3 is 9.80 Å². The Labute approximate surface area is 96.6 Å². The summed E-state index contributed by atoms with van der Waals surface area (Å²) in [4.78, 5) is 27.1. The molecule has 1 heterocycles. The smallest absolute Gasteiger partial charge is 0.242 e. The van der Waals surface area contributed by atoms with E-state index in [1.807, 2.05) is 4.90 Å². The molecule has 0 aromatic heterocycles. The minimum absolute atomic E-state index is 0.0988. The average molecular weight is 224 g/mol. The zero-order chi connectivity index (χ0) is 11.7. The third kappa shape index (κ3) is 2.36. The van der Waals surface area contributed by atoms with Gasteiger partial charge in [0.05, 0.1) is 6.54 Å². The topological polar surface area (TPSA) is 40.6 Å². The molecule has 90 valence electrons. The number of likely N-dealkylation sites (N-methyl/N-ethyl adjacent to an activating group) is 1. The number of likely N-dealkylation sites (tertiary alicyclic amines) is 1. The molecule has 2 aliphatic rings. The molecule has 1 aliphatic heterocycles. The van der Waals surface area contributed by atoms with E-state index < -0.39 is 0 Å². The zero-order valence-electron chi connectivity index (χ0n) is 10.1. The van der Waals surface area contributed by atoms with Crippen LogP contribution < -0.4 is 0 Å². The van der Waals surface area contributed by atoms with E-state index in [2.05, 4.69) is 6.92 Å². The molecule has 1 saturated heterocycles. The van der Waals surface area contributed by atoms with Crippen molar-refractivity contribution in [3.05, 3.63) is 0 Å². The van der Waals surface area contributed by atoms with Gasteiger partial charge in [-0.25, -0.2) is 0 Å². The second-order valence-corrected chi connectivity index (χ2v) is 5.10. The normalized spacial score (nSPS) is 28.0. The first kappa shape index (κ1) is 11.4. The number of nitrogens with zero attached hydrogens (tertiary/aromatic N) is 2. The van der Waals surface area contributed by atoms with Gasteiger partial charge in [-0.15, -0.1) is 0 Å². The van der Waals surface area contributed by atoms with Crippen molar-refractivity contribution in [1.82, 2.24) is 9.80 Å². The molecule has 0 radical (unpaired) electrons. The second-order valence-electron chi connectivity index (χ2n) is 5.10. The van der Waals surface area contributed by atoms with Gasteiger partial charge in [0.1, 0.15) is 0 Å². The highest BCUT2D eigenvalue weighted by Gasteiger charge is 2.41. The van der Waals surface area contributed by atoms with Crippen LogP contribution in [-0.4, -0.2) is 48.3 Å². The van der Waals surface area contributed by atoms with Crippen molar-refractivity contribution < 1.29 is 9.59 Å². The van der Waals surface area contributed by atoms with Crippen molar-refractivity contribution in [2.24, 2.45) is 11.8 Å². The van der Waals surface area contributed by atoms with Crippen LogP contribution >= 0.6 is 0 Å². The summed E-state index contributed by atoms with van der Waals surface area (Å²) in [6.07, 6.45) is 3.19. The number of carbonyl (C=O) groups is 2. The lowest BCUT2D eigenvalue weighted by atomic mass is 10.3. The zero-order valence-corrected chi connectivity index (χ0v) is 10.1. The minimum Gasteiger partial charge on any atom is -0.341 e. The van der Waals surface area contributed by atoms with E-state index in [1.54, 1.807) is 11.9 Å². The Morgan fingerprint density at radius 3 is 2.38 bits per heavy atom. The monoisotopic (exact) mass is 224 g/mol. The summed E-state index contributed by atoms with van der Waals surface area (Å²) in [6, 6.07) is 0. The maximum Gasteiger partial charge on any atom is 0.242 e. The lowest BCUT2D eigenvalue weighted by Gasteiger charge is -2.21. The van der Waals surface area contributed by atoms with Crippen LogP contribution in [0.3, 0.4) is 0 Å². The summed E-state index contributed by atoms with van der Waals surface area (Å²) in [5.41, 5.74) is 0. The summed E-state index contributed by atoms with van der Waals surface area (Å²) in [6.45, 7) is 4.06. The Hall–Kier alpha value is -1.06. The molecule has 0 aromatic carbocycles. The molecular weight excluding hydrogens is 204 g/mol. The van der Waals surface area contributed by atoms with Crippen molar-refractivity contribution in [1.29, 1.82) is 0 Å². The molecular formula is C12H20N2O2. The molecule has 1 aliphatic carbocycles. The van der Waals surface area contributed by atoms with E-state index in [1.165, 1.54) is 0 Å². The number of amides is 2. The second kappa shape index (κ2) is 4.44. The van der Waals surface area contributed by atoms with Gasteiger partial charge in [-0.2, -0.15) is 0 Å². The first-order valence-corrected chi connectivity index (χ1v) is 6.12. The van der Waals surface area contributed by atoms with Crippen LogP contribution in [0.25, 0.3) is 0 Å². The van der Waals surface area contributed by atoms with Gasteiger partial charge in [0.15, 0.2) is 0 Å². The first-order valence-electron chi connectivity index (χ1n) is 6.12. The van der Waals surface area contributed by atoms with Crippen molar-refractivity contribution in [3.8, 4) is 0 Å². The van der Waals surface area contributed by atoms with E-state index in [9.17, 15) is 9.59 Å². The Kier molecular flexibility index (Phi) is 3.17. The van der Waals surface area contributed by atoms with Crippen LogP contribution in [0.4, 0.5) is 0 Å². The lowest BCUT2D eigenvalue weighted by molar-refractivity contribution is -0.139. The summed E-state index contributed by atoms with van der Waals surface area (Å²) >= 11 is 0. The van der Waals surface area contributed by atoms with Gasteiger partial charge in [-0.3, -0.25) is 9.59 Å². The molecule has 2 amide bonds. The molecule has 2 rings (SSSR count). The van der Waals surface area contributed by atoms with Crippen molar-refractivity contribution in [2.75, 3.05) is 26.7 Å². The van der Waals surface area contributed by atoms with Gasteiger partial charge in [0.25, 0.3) is 0 Å². The van der Waals surface area contributed by atoms with Gasteiger partial charge in [-0.05, 0) is 25.2 Å². The first-order chi connectivity index (χ1) is 7.59. The quantitative estimate of drug-likeness (QED) is 0.709. The molecule has 2 fully saturated rings. The molecule has 0 N–H and O–H groups in total. The molecule has 2 atom stereocenters. The summed E-state index contributed by atoms with van der Waals surface area (Å²) in [5.74, 6) is 0.926. The van der Waals surface area contributed by atoms with Crippen LogP contribution in [-0.2, 0) is 9.59 Å². The molecule has 4 nitrogen and oxygen atoms in total. The molecule has 0 aromatic rings. The Morgan fingerprint density at radius 1 is 1.31 bits per heavy atom. The average Bonchev–Trinajstić information content (AvgIpc) is 2.79. The third-order valence-electron chi connectivity index (χ3n) is 3.63. The molecule has 16 heavy (non-hydrogen) atoms. The predicted molar refractivity (Wildman–Crippen MR) is 60.7 cm³/mol. The Bertz CT molecular complexity index is 297. The van der Waals surface area contributed by atoms with Crippen molar-refractivity contribution >= 4 is 11.8 Å². The van der Waals surface area contributed by atoms with E-state index in [0.29, 0.717) is 5.92 Å². The van der Waals surface area contributed by atoms with Gasteiger partial charge in [0, 0.05) is 26.1 Å². The highest BCUT2D eigenvalue weighted by atomic mass is 16.2. The molecule has 0 spiro atoms. The van der Waals surface area contributed by atoms with Crippen LogP contribution in [0.5, 0.6) is 0 Å². The highest BCUT2D eigenvalue weighted by Crippen LogP contribution is 2.38. The molecule has 0 bridgehead atoms. The highest BCUT2D eigenvalue weighted by molar-refractivity contribution is 5.87. The number of carbonyl (C=O) groups excluding carboxylic acids is 2. The van der Waals surface area contributed by atoms with E-state index in [0.717, 1.165) is 32.4 Å². The maximum absolute atomic E-state index is 11.8. The fourth-order valence-electron chi connectivity index (χ4n) is 2.30. The van der Waals surface area contributed by atoms with E-state index in [4.69, 9.17) is 0 Å². The summed E-state index contributed by atoms with van der Waals surface area (Å²) < 4.78 is 0. The predicted octanol–water partition coefficient (Wildman–Crippen LogP) is 0.723. The molecule has 1 saturated carbocycles. The van der Waals surface area contributed by atoms with E-state index >= 15 is 0 Å². The Balaban J connectivity index is 1.79. The van der Waals surface area contributed by atoms with Crippen LogP contribution in [0.15, 0.2) is 0 Å². The van der Waals surface area contributed by atoms with Gasteiger partial charge in [-0.1, -0.05) is 6.92 Å². The maximum atomic E-state index is 11.8. The molecule has 2 unspecified atom stereocenters. The number of hydrogen-bond acceptors (Lipinski definition) is 2. The van der Waals surface area contributed by atoms with Crippen molar-refractivity contribution in [3.63, 3.8) is 0 Å². The molecule has 4 heteroatoms. The fourth-order valence-corrected chi connectivity index (χ4v) is 2.30. The SMILES string of the molecule is CC1CC1C(=O)N(C)CC(=O)N1CCCC1. The minimum atomic E-state index is 0.0988. The fraction of sp³-hybridized carbons (Fsp3) is 0.833. The number of rotatable bonds is 3. The lowest BCUT2D eigenvalue weighted by Crippen LogP contribution is -2.40. The summed E-state index contributed by atoms with van der Waals surface area (Å²) in [5, 5.41) is 0. The Morgan fingerprint density at radius 2 is 1.88 bits per heavy atom. The third-order valence-corrected chi connectivity index (χ3v) is 3.63. The number of hydrogen-bond donors (Lipinski definition) is 0. The largest absolute Gasteiger partial charge is 0.341 e. The summed E-state index contributed by atoms with van der Waals surface area (Å²) in [7, 11) is 1.74. The standard InChI is InChI=1S/C12H20N2O2/c1-9-7-10(9)12(16)13(2)8-11(15)14-5-3-4-6-14/h9-10H,3-8H2,1-2H3. The van der Waals surface area contributed by atoms with Crippen molar-refractivity contribution in [2.45, 2.75) is 26.2 Å². The van der Waals surface area contributed by atoms with E-state index in [-0.39, 0.29) is 24.3 Å². The van der Waals surface area contributed by atoms with Crippen LogP contribution in [0, 0.1) is 11.8 Å². The van der Waals surface area contributed by atoms with Crippen LogP contribution in [0.1, 0.15) is 26.2 Å². The van der Waals surface area contributed by atoms with Gasteiger partial charge in [0.2, 0.25) is 11.8 Å². The van der Waals surface area contributed by atoms with Gasteiger partial charge >= 0.3 is 0 Å².